The van der Waals surface area contributed by atoms with Crippen LogP contribution in [0.15, 0.2) is 47.4 Å². The Labute approximate surface area is 211 Å². The van der Waals surface area contributed by atoms with Gasteiger partial charge in [0.15, 0.2) is 0 Å². The Hall–Kier alpha value is -3.34. The van der Waals surface area contributed by atoms with Crippen molar-refractivity contribution in [3.05, 3.63) is 48.3 Å². The van der Waals surface area contributed by atoms with E-state index in [-0.39, 0.29) is 35.3 Å². The number of carbonyl (C=O) groups is 2. The van der Waals surface area contributed by atoms with E-state index in [2.05, 4.69) is 10.6 Å². The van der Waals surface area contributed by atoms with Gasteiger partial charge in [-0.15, -0.1) is 0 Å². The molecule has 2 N–H and O–H groups in total. The molecule has 9 nitrogen and oxygen atoms in total. The molecule has 11 heteroatoms. The first-order chi connectivity index (χ1) is 16.6. The van der Waals surface area contributed by atoms with E-state index in [4.69, 9.17) is 9.47 Å². The van der Waals surface area contributed by atoms with Crippen LogP contribution < -0.4 is 19.7 Å². The lowest BCUT2D eigenvalue weighted by Crippen LogP contribution is -2.49. The van der Waals surface area contributed by atoms with Gasteiger partial charge in [-0.2, -0.15) is 0 Å². The molecule has 0 aliphatic carbocycles. The lowest BCUT2D eigenvalue weighted by Gasteiger charge is -2.36. The minimum absolute atomic E-state index is 0.0723. The Balaban J connectivity index is 1.95. The van der Waals surface area contributed by atoms with Crippen LogP contribution in [0.1, 0.15) is 41.5 Å². The van der Waals surface area contributed by atoms with Crippen LogP contribution >= 0.6 is 0 Å². The third kappa shape index (κ3) is 6.66. The first-order valence-corrected chi connectivity index (χ1v) is 12.9. The maximum atomic E-state index is 13.6. The van der Waals surface area contributed by atoms with Crippen molar-refractivity contribution in [2.75, 3.05) is 22.7 Å². The number of hydrogen-bond donors (Lipinski definition) is 2. The molecule has 0 spiro atoms. The molecule has 1 aliphatic rings. The van der Waals surface area contributed by atoms with Crippen LogP contribution in [0.4, 0.5) is 20.6 Å². The number of ether oxygens (including phenoxy) is 2. The Bertz CT molecular complexity index is 1230. The number of sulfonamides is 1. The highest BCUT2D eigenvalue weighted by Gasteiger charge is 2.35. The summed E-state index contributed by atoms with van der Waals surface area (Å²) < 4.78 is 53.0. The summed E-state index contributed by atoms with van der Waals surface area (Å²) in [6.45, 7) is 10.4. The molecule has 0 unspecified atom stereocenters. The van der Waals surface area contributed by atoms with Crippen LogP contribution in [-0.2, 0) is 19.6 Å². The lowest BCUT2D eigenvalue weighted by atomic mass is 9.95. The van der Waals surface area contributed by atoms with E-state index in [0.29, 0.717) is 5.69 Å². The van der Waals surface area contributed by atoms with E-state index < -0.39 is 39.1 Å². The molecule has 36 heavy (non-hydrogen) atoms. The zero-order valence-corrected chi connectivity index (χ0v) is 22.0. The summed E-state index contributed by atoms with van der Waals surface area (Å²) in [7, 11) is -4.14. The predicted molar refractivity (Wildman–Crippen MR) is 134 cm³/mol. The highest BCUT2D eigenvalue weighted by Crippen LogP contribution is 2.39. The van der Waals surface area contributed by atoms with Gasteiger partial charge in [-0.25, -0.2) is 17.6 Å². The van der Waals surface area contributed by atoms with Gasteiger partial charge in [0.25, 0.3) is 10.0 Å². The summed E-state index contributed by atoms with van der Waals surface area (Å²) >= 11 is 0. The molecule has 1 aliphatic heterocycles. The molecule has 196 valence electrons. The summed E-state index contributed by atoms with van der Waals surface area (Å²) in [5.74, 6) is -0.527. The van der Waals surface area contributed by atoms with Gasteiger partial charge in [-0.3, -0.25) is 14.4 Å². The van der Waals surface area contributed by atoms with Crippen LogP contribution in [0.5, 0.6) is 5.75 Å². The van der Waals surface area contributed by atoms with Crippen molar-refractivity contribution in [3.8, 4) is 5.75 Å². The van der Waals surface area contributed by atoms with Crippen molar-refractivity contribution >= 4 is 33.4 Å². The number of rotatable bonds is 5. The fourth-order valence-electron chi connectivity index (χ4n) is 3.35. The molecule has 0 fully saturated rings. The summed E-state index contributed by atoms with van der Waals surface area (Å²) in [6.07, 6.45) is -1.39. The van der Waals surface area contributed by atoms with Crippen molar-refractivity contribution in [2.45, 2.75) is 58.1 Å². The van der Waals surface area contributed by atoms with Crippen LogP contribution in [0.3, 0.4) is 0 Å². The first-order valence-electron chi connectivity index (χ1n) is 11.4. The largest absolute Gasteiger partial charge is 0.484 e. The van der Waals surface area contributed by atoms with Gasteiger partial charge >= 0.3 is 6.09 Å². The lowest BCUT2D eigenvalue weighted by molar-refractivity contribution is -0.128. The van der Waals surface area contributed by atoms with E-state index in [0.717, 1.165) is 16.4 Å². The minimum Gasteiger partial charge on any atom is -0.484 e. The molecule has 0 aromatic heterocycles. The van der Waals surface area contributed by atoms with Crippen LogP contribution in [0.2, 0.25) is 0 Å². The number of carbonyl (C=O) groups excluding carboxylic acids is 2. The normalized spacial score (nSPS) is 16.0. The number of amides is 2. The summed E-state index contributed by atoms with van der Waals surface area (Å²) in [5, 5.41) is 5.38. The smallest absolute Gasteiger partial charge is 0.412 e. The molecule has 1 atom stereocenters. The predicted octanol–water partition coefficient (Wildman–Crippen LogP) is 4.29. The van der Waals surface area contributed by atoms with Crippen LogP contribution in [0.25, 0.3) is 0 Å². The minimum atomic E-state index is -4.14. The fourth-order valence-corrected chi connectivity index (χ4v) is 4.85. The van der Waals surface area contributed by atoms with Crippen molar-refractivity contribution in [1.82, 2.24) is 5.32 Å². The van der Waals surface area contributed by atoms with Gasteiger partial charge in [0.2, 0.25) is 5.91 Å². The van der Waals surface area contributed by atoms with E-state index >= 15 is 0 Å². The second kappa shape index (κ2) is 9.96. The monoisotopic (exact) mass is 521 g/mol. The van der Waals surface area contributed by atoms with Crippen LogP contribution in [-0.4, -0.2) is 45.2 Å². The highest BCUT2D eigenvalue weighted by molar-refractivity contribution is 7.92. The number of benzene rings is 2. The SMILES string of the molecule is CC(C)(C)OC(=O)Nc1ccc2c(c1)N(S(=O)(=O)c1ccc(F)cc1)C[C@H](CNC(=O)C(C)(C)C)O2. The van der Waals surface area contributed by atoms with E-state index in [1.807, 2.05) is 0 Å². The number of anilines is 2. The second-order valence-corrected chi connectivity index (χ2v) is 12.4. The number of fused-ring (bicyclic) bond motifs is 1. The molecule has 0 saturated carbocycles. The second-order valence-electron chi connectivity index (χ2n) is 10.5. The van der Waals surface area contributed by atoms with E-state index in [1.165, 1.54) is 24.3 Å². The summed E-state index contributed by atoms with van der Waals surface area (Å²) in [5.41, 5.74) is -0.865. The van der Waals surface area contributed by atoms with Crippen molar-refractivity contribution in [1.29, 1.82) is 0 Å². The molecular weight excluding hydrogens is 489 g/mol. The number of nitrogens with one attached hydrogen (secondary N) is 2. The van der Waals surface area contributed by atoms with E-state index in [9.17, 15) is 22.4 Å². The molecule has 0 saturated heterocycles. The standard InChI is InChI=1S/C25H32FN3O6S/c1-24(2,3)22(30)27-14-18-15-29(36(32,33)19-10-7-16(26)8-11-19)20-13-17(9-12-21(20)34-18)28-23(31)35-25(4,5)6/h7-13,18H,14-15H2,1-6H3,(H,27,30)(H,28,31)/t18-/m0/s1. The highest BCUT2D eigenvalue weighted by atomic mass is 32.2. The third-order valence-electron chi connectivity index (χ3n) is 5.11. The number of nitrogens with zero attached hydrogens (tertiary/aromatic N) is 1. The third-order valence-corrected chi connectivity index (χ3v) is 6.90. The van der Waals surface area contributed by atoms with E-state index in [1.54, 1.807) is 47.6 Å². The van der Waals surface area contributed by atoms with Gasteiger partial charge in [-0.05, 0) is 63.2 Å². The molecule has 2 aromatic rings. The van der Waals surface area contributed by atoms with Crippen molar-refractivity contribution in [2.24, 2.45) is 5.41 Å². The van der Waals surface area contributed by atoms with Gasteiger partial charge in [0, 0.05) is 11.1 Å². The average molecular weight is 522 g/mol. The van der Waals surface area contributed by atoms with Crippen molar-refractivity contribution in [3.63, 3.8) is 0 Å². The fraction of sp³-hybridized carbons (Fsp3) is 0.440. The van der Waals surface area contributed by atoms with Gasteiger partial charge in [-0.1, -0.05) is 20.8 Å². The molecule has 1 heterocycles. The zero-order chi connectivity index (χ0) is 26.9. The summed E-state index contributed by atoms with van der Waals surface area (Å²) in [4.78, 5) is 24.5. The van der Waals surface area contributed by atoms with Crippen LogP contribution in [0, 0.1) is 11.2 Å². The topological polar surface area (TPSA) is 114 Å². The number of hydrogen-bond acceptors (Lipinski definition) is 6. The maximum absolute atomic E-state index is 13.6. The Kier molecular flexibility index (Phi) is 7.54. The van der Waals surface area contributed by atoms with Gasteiger partial charge in [0.05, 0.1) is 23.7 Å². The Morgan fingerprint density at radius 2 is 1.72 bits per heavy atom. The molecule has 2 amide bonds. The molecule has 3 rings (SSSR count). The molecule has 0 bridgehead atoms. The van der Waals surface area contributed by atoms with Crippen molar-refractivity contribution < 1.29 is 31.9 Å². The Morgan fingerprint density at radius 3 is 2.31 bits per heavy atom. The first kappa shape index (κ1) is 27.3. The molecular formula is C25H32FN3O6S. The zero-order valence-electron chi connectivity index (χ0n) is 21.2. The molecule has 0 radical (unpaired) electrons. The Morgan fingerprint density at radius 1 is 1.08 bits per heavy atom. The van der Waals surface area contributed by atoms with Gasteiger partial charge < -0.3 is 14.8 Å². The number of halogens is 1. The van der Waals surface area contributed by atoms with Gasteiger partial charge in [0.1, 0.15) is 23.3 Å². The maximum Gasteiger partial charge on any atom is 0.412 e. The molecule has 2 aromatic carbocycles. The summed E-state index contributed by atoms with van der Waals surface area (Å²) in [6, 6.07) is 9.04. The quantitative estimate of drug-likeness (QED) is 0.607. The average Bonchev–Trinajstić information content (AvgIpc) is 2.75.